The fourth-order valence-corrected chi connectivity index (χ4v) is 5.79. The number of aromatic nitrogens is 1. The molecule has 0 saturated carbocycles. The molecular formula is C32H37N3O4. The quantitative estimate of drug-likeness (QED) is 0.394. The van der Waals surface area contributed by atoms with Crippen molar-refractivity contribution < 1.29 is 19.4 Å². The van der Waals surface area contributed by atoms with E-state index < -0.39 is 11.2 Å². The number of hydrogen-bond donors (Lipinski definition) is 1. The monoisotopic (exact) mass is 527 g/mol. The number of ether oxygens (including phenoxy) is 1. The van der Waals surface area contributed by atoms with Crippen LogP contribution in [0.15, 0.2) is 72.8 Å². The topological polar surface area (TPSA) is 83.0 Å². The highest BCUT2D eigenvalue weighted by atomic mass is 16.6. The standard InChI is InChI=1S/C32H37N3O4/c1-23(34-21-19-32(39-30(34)37,22-31(2,3)38)26-10-5-4-6-11-26)24-15-17-25(18-16-24)27-12-9-13-28(33-27)35-20-8-7-14-29(35)36/h4-6,9-13,15-18,23,38H,7-8,14,19-22H2,1-3H3. The molecule has 0 aliphatic carbocycles. The van der Waals surface area contributed by atoms with Crippen molar-refractivity contribution in [1.29, 1.82) is 0 Å². The Balaban J connectivity index is 1.32. The Bertz CT molecular complexity index is 1320. The number of carbonyl (C=O) groups excluding carboxylic acids is 2. The van der Waals surface area contributed by atoms with Crippen LogP contribution >= 0.6 is 0 Å². The third kappa shape index (κ3) is 5.83. The van der Waals surface area contributed by atoms with Crippen LogP contribution in [0.4, 0.5) is 10.6 Å². The van der Waals surface area contributed by atoms with Gasteiger partial charge in [-0.15, -0.1) is 0 Å². The molecule has 2 unspecified atom stereocenters. The van der Waals surface area contributed by atoms with Crippen LogP contribution in [-0.2, 0) is 15.1 Å². The molecule has 39 heavy (non-hydrogen) atoms. The summed E-state index contributed by atoms with van der Waals surface area (Å²) in [5.41, 5.74) is 1.79. The second-order valence-corrected chi connectivity index (χ2v) is 11.3. The maximum atomic E-state index is 13.4. The number of carbonyl (C=O) groups is 2. The molecule has 7 heteroatoms. The van der Waals surface area contributed by atoms with Gasteiger partial charge < -0.3 is 14.7 Å². The van der Waals surface area contributed by atoms with Crippen molar-refractivity contribution >= 4 is 17.8 Å². The Labute approximate surface area is 230 Å². The summed E-state index contributed by atoms with van der Waals surface area (Å²) in [7, 11) is 0. The van der Waals surface area contributed by atoms with Crippen molar-refractivity contribution in [2.75, 3.05) is 18.0 Å². The Morgan fingerprint density at radius 2 is 1.72 bits per heavy atom. The van der Waals surface area contributed by atoms with Gasteiger partial charge in [-0.05, 0) is 56.9 Å². The second-order valence-electron chi connectivity index (χ2n) is 11.3. The van der Waals surface area contributed by atoms with Crippen molar-refractivity contribution in [3.8, 4) is 11.3 Å². The van der Waals surface area contributed by atoms with E-state index in [1.165, 1.54) is 0 Å². The summed E-state index contributed by atoms with van der Waals surface area (Å²) in [5, 5.41) is 10.6. The molecule has 2 fully saturated rings. The largest absolute Gasteiger partial charge is 0.438 e. The lowest BCUT2D eigenvalue weighted by Crippen LogP contribution is -2.51. The lowest BCUT2D eigenvalue weighted by molar-refractivity contribution is -0.119. The molecule has 0 bridgehead atoms. The molecular weight excluding hydrogens is 490 g/mol. The van der Waals surface area contributed by atoms with Crippen LogP contribution in [0.25, 0.3) is 11.3 Å². The van der Waals surface area contributed by atoms with Gasteiger partial charge in [-0.2, -0.15) is 0 Å². The summed E-state index contributed by atoms with van der Waals surface area (Å²) in [6.45, 7) is 6.72. The molecule has 0 spiro atoms. The van der Waals surface area contributed by atoms with Crippen LogP contribution in [0.2, 0.25) is 0 Å². The molecule has 2 amide bonds. The molecule has 2 aromatic carbocycles. The minimum atomic E-state index is -0.994. The van der Waals surface area contributed by atoms with Gasteiger partial charge in [-0.1, -0.05) is 60.7 Å². The number of hydrogen-bond acceptors (Lipinski definition) is 5. The molecule has 2 saturated heterocycles. The van der Waals surface area contributed by atoms with Gasteiger partial charge in [0.25, 0.3) is 0 Å². The first-order chi connectivity index (χ1) is 18.7. The number of aliphatic hydroxyl groups is 1. The van der Waals surface area contributed by atoms with E-state index in [0.717, 1.165) is 35.2 Å². The van der Waals surface area contributed by atoms with Crippen LogP contribution in [0.5, 0.6) is 0 Å². The molecule has 5 rings (SSSR count). The Kier molecular flexibility index (Phi) is 7.45. The van der Waals surface area contributed by atoms with Crippen LogP contribution in [-0.4, -0.2) is 45.7 Å². The summed E-state index contributed by atoms with van der Waals surface area (Å²) >= 11 is 0. The van der Waals surface area contributed by atoms with E-state index in [1.807, 2.05) is 79.7 Å². The predicted octanol–water partition coefficient (Wildman–Crippen LogP) is 6.23. The first-order valence-electron chi connectivity index (χ1n) is 13.8. The Hall–Kier alpha value is -3.71. The number of pyridine rings is 1. The van der Waals surface area contributed by atoms with Crippen molar-refractivity contribution in [2.45, 2.75) is 70.1 Å². The molecule has 2 aliphatic heterocycles. The zero-order valence-corrected chi connectivity index (χ0v) is 23.0. The molecule has 3 heterocycles. The van der Waals surface area contributed by atoms with E-state index in [4.69, 9.17) is 9.72 Å². The third-order valence-electron chi connectivity index (χ3n) is 7.78. The smallest absolute Gasteiger partial charge is 0.411 e. The van der Waals surface area contributed by atoms with E-state index in [1.54, 1.807) is 23.6 Å². The summed E-state index contributed by atoms with van der Waals surface area (Å²) < 4.78 is 6.15. The average Bonchev–Trinajstić information content (AvgIpc) is 2.93. The SMILES string of the molecule is CC(c1ccc(-c2cccc(N3CCCCC3=O)n2)cc1)N1CCC(CC(C)(C)O)(c2ccccc2)OC1=O. The lowest BCUT2D eigenvalue weighted by atomic mass is 9.80. The summed E-state index contributed by atoms with van der Waals surface area (Å²) in [4.78, 5) is 34.0. The highest BCUT2D eigenvalue weighted by Gasteiger charge is 2.46. The van der Waals surface area contributed by atoms with Gasteiger partial charge in [0.2, 0.25) is 5.91 Å². The van der Waals surface area contributed by atoms with Gasteiger partial charge in [-0.25, -0.2) is 9.78 Å². The number of benzene rings is 2. The van der Waals surface area contributed by atoms with Crippen LogP contribution in [0.1, 0.15) is 70.0 Å². The summed E-state index contributed by atoms with van der Waals surface area (Å²) in [5.74, 6) is 0.820. The third-order valence-corrected chi connectivity index (χ3v) is 7.78. The first kappa shape index (κ1) is 26.9. The van der Waals surface area contributed by atoms with Gasteiger partial charge in [-0.3, -0.25) is 9.69 Å². The fourth-order valence-electron chi connectivity index (χ4n) is 5.79. The number of rotatable bonds is 7. The molecule has 1 N–H and O–H groups in total. The average molecular weight is 528 g/mol. The minimum absolute atomic E-state index is 0.127. The second kappa shape index (κ2) is 10.8. The molecule has 7 nitrogen and oxygen atoms in total. The maximum absolute atomic E-state index is 13.4. The number of nitrogens with zero attached hydrogens (tertiary/aromatic N) is 3. The number of cyclic esters (lactones) is 1. The lowest BCUT2D eigenvalue weighted by Gasteiger charge is -2.45. The summed E-state index contributed by atoms with van der Waals surface area (Å²) in [6, 6.07) is 23.4. The van der Waals surface area contributed by atoms with E-state index in [0.29, 0.717) is 38.2 Å². The molecule has 2 aliphatic rings. The van der Waals surface area contributed by atoms with Gasteiger partial charge in [0.1, 0.15) is 11.4 Å². The number of anilines is 1. The first-order valence-corrected chi connectivity index (χ1v) is 13.8. The van der Waals surface area contributed by atoms with E-state index in [-0.39, 0.29) is 18.0 Å². The fraction of sp³-hybridized carbons (Fsp3) is 0.406. The molecule has 3 aromatic rings. The molecule has 2 atom stereocenters. The maximum Gasteiger partial charge on any atom is 0.411 e. The highest BCUT2D eigenvalue weighted by molar-refractivity contribution is 5.93. The van der Waals surface area contributed by atoms with Crippen LogP contribution < -0.4 is 4.90 Å². The van der Waals surface area contributed by atoms with Crippen molar-refractivity contribution in [3.05, 3.63) is 83.9 Å². The molecule has 1 aromatic heterocycles. The van der Waals surface area contributed by atoms with Crippen LogP contribution in [0.3, 0.4) is 0 Å². The normalized spacial score (nSPS) is 21.0. The van der Waals surface area contributed by atoms with Gasteiger partial charge in [0.15, 0.2) is 0 Å². The number of amides is 2. The van der Waals surface area contributed by atoms with Gasteiger partial charge in [0, 0.05) is 37.9 Å². The van der Waals surface area contributed by atoms with Crippen LogP contribution in [0, 0.1) is 0 Å². The summed E-state index contributed by atoms with van der Waals surface area (Å²) in [6.07, 6.45) is 3.02. The van der Waals surface area contributed by atoms with Gasteiger partial charge in [0.05, 0.1) is 17.3 Å². The zero-order valence-electron chi connectivity index (χ0n) is 23.0. The van der Waals surface area contributed by atoms with Crippen molar-refractivity contribution in [1.82, 2.24) is 9.88 Å². The predicted molar refractivity (Wildman–Crippen MR) is 151 cm³/mol. The Morgan fingerprint density at radius 1 is 0.974 bits per heavy atom. The van der Waals surface area contributed by atoms with E-state index >= 15 is 0 Å². The van der Waals surface area contributed by atoms with Crippen molar-refractivity contribution in [2.24, 2.45) is 0 Å². The Morgan fingerprint density at radius 3 is 2.38 bits per heavy atom. The minimum Gasteiger partial charge on any atom is -0.438 e. The zero-order chi connectivity index (χ0) is 27.6. The van der Waals surface area contributed by atoms with E-state index in [9.17, 15) is 14.7 Å². The van der Waals surface area contributed by atoms with E-state index in [2.05, 4.69) is 0 Å². The molecule has 204 valence electrons. The number of piperidine rings is 1. The van der Waals surface area contributed by atoms with Gasteiger partial charge >= 0.3 is 6.09 Å². The van der Waals surface area contributed by atoms with Crippen molar-refractivity contribution in [3.63, 3.8) is 0 Å². The highest BCUT2D eigenvalue weighted by Crippen LogP contribution is 2.42. The molecule has 0 radical (unpaired) electrons.